The lowest BCUT2D eigenvalue weighted by molar-refractivity contribution is -0.893. The summed E-state index contributed by atoms with van der Waals surface area (Å²) in [5.74, 6) is 0.972. The molecule has 0 fully saturated rings. The third-order valence-electron chi connectivity index (χ3n) is 3.58. The summed E-state index contributed by atoms with van der Waals surface area (Å²) in [6.07, 6.45) is 5.23. The fourth-order valence-electron chi connectivity index (χ4n) is 2.74. The molecule has 0 bridgehead atoms. The van der Waals surface area contributed by atoms with E-state index in [1.165, 1.54) is 28.9 Å². The number of nitrogens with one attached hydrogen (secondary N) is 1. The Morgan fingerprint density at radius 3 is 2.84 bits per heavy atom. The first kappa shape index (κ1) is 16.4. The van der Waals surface area contributed by atoms with E-state index in [-0.39, 0.29) is 12.4 Å². The first-order valence-electron chi connectivity index (χ1n) is 6.50. The van der Waals surface area contributed by atoms with Gasteiger partial charge in [0.1, 0.15) is 18.4 Å². The summed E-state index contributed by atoms with van der Waals surface area (Å²) in [4.78, 5) is 1.43. The maximum atomic E-state index is 6.40. The molecule has 1 aliphatic carbocycles. The Morgan fingerprint density at radius 2 is 2.21 bits per heavy atom. The quantitative estimate of drug-likeness (QED) is 0.736. The van der Waals surface area contributed by atoms with E-state index in [2.05, 4.69) is 20.7 Å². The van der Waals surface area contributed by atoms with Crippen LogP contribution in [0, 0.1) is 0 Å². The van der Waals surface area contributed by atoms with Crippen molar-refractivity contribution in [3.05, 3.63) is 40.9 Å². The van der Waals surface area contributed by atoms with Gasteiger partial charge in [0, 0.05) is 17.5 Å². The summed E-state index contributed by atoms with van der Waals surface area (Å²) in [5.41, 5.74) is 2.58. The Kier molecular flexibility index (Phi) is 6.18. The molecule has 0 saturated heterocycles. The van der Waals surface area contributed by atoms with Crippen LogP contribution in [0.4, 0.5) is 0 Å². The third kappa shape index (κ3) is 3.44. The van der Waals surface area contributed by atoms with Crippen LogP contribution in [-0.4, -0.2) is 20.7 Å². The molecule has 19 heavy (non-hydrogen) atoms. The van der Waals surface area contributed by atoms with Crippen molar-refractivity contribution in [2.75, 3.05) is 20.7 Å². The molecule has 0 spiro atoms. The van der Waals surface area contributed by atoms with Crippen molar-refractivity contribution >= 4 is 11.6 Å². The highest BCUT2D eigenvalue weighted by atomic mass is 35.5. The lowest BCUT2D eigenvalue weighted by Gasteiger charge is -2.30. The molecule has 2 nitrogen and oxygen atoms in total. The average Bonchev–Trinajstić information content (AvgIpc) is 2.37. The van der Waals surface area contributed by atoms with Gasteiger partial charge in [-0.1, -0.05) is 24.3 Å². The van der Waals surface area contributed by atoms with Crippen LogP contribution < -0.4 is 22.0 Å². The minimum absolute atomic E-state index is 0. The second kappa shape index (κ2) is 7.18. The highest BCUT2D eigenvalue weighted by Crippen LogP contribution is 2.38. The van der Waals surface area contributed by atoms with Crippen molar-refractivity contribution in [3.63, 3.8) is 0 Å². The van der Waals surface area contributed by atoms with E-state index in [9.17, 15) is 0 Å². The Bertz CT molecular complexity index is 446. The molecule has 1 atom stereocenters. The molecule has 1 aromatic carbocycles. The summed E-state index contributed by atoms with van der Waals surface area (Å²) >= 11 is 6.40. The monoisotopic (exact) mass is 301 g/mol. The number of halogens is 2. The van der Waals surface area contributed by atoms with Crippen LogP contribution in [0.5, 0.6) is 5.75 Å². The lowest BCUT2D eigenvalue weighted by atomic mass is 9.86. The van der Waals surface area contributed by atoms with Crippen LogP contribution in [-0.2, 0) is 6.42 Å². The van der Waals surface area contributed by atoms with Gasteiger partial charge in [0.15, 0.2) is 0 Å². The molecule has 4 heteroatoms. The van der Waals surface area contributed by atoms with Gasteiger partial charge in [0.05, 0.1) is 19.1 Å². The number of quaternary nitrogens is 1. The van der Waals surface area contributed by atoms with Crippen molar-refractivity contribution < 1.29 is 22.0 Å². The molecular formula is C15H21Cl2NO. The normalized spacial score (nSPS) is 17.6. The van der Waals surface area contributed by atoms with E-state index in [0.717, 1.165) is 17.2 Å². The van der Waals surface area contributed by atoms with Gasteiger partial charge in [-0.05, 0) is 25.0 Å². The third-order valence-corrected chi connectivity index (χ3v) is 3.91. The van der Waals surface area contributed by atoms with Crippen molar-refractivity contribution in [3.8, 4) is 5.75 Å². The number of hydrogen-bond acceptors (Lipinski definition) is 1. The zero-order valence-corrected chi connectivity index (χ0v) is 13.0. The van der Waals surface area contributed by atoms with Crippen LogP contribution in [0.15, 0.2) is 24.8 Å². The number of fused-ring (bicyclic) bond motifs is 1. The first-order chi connectivity index (χ1) is 8.65. The maximum absolute atomic E-state index is 6.40. The van der Waals surface area contributed by atoms with E-state index < -0.39 is 0 Å². The van der Waals surface area contributed by atoms with Crippen LogP contribution in [0.1, 0.15) is 30.0 Å². The number of ether oxygens (including phenoxy) is 1. The van der Waals surface area contributed by atoms with E-state index in [1.807, 2.05) is 12.1 Å². The fraction of sp³-hybridized carbons (Fsp3) is 0.467. The molecule has 0 radical (unpaired) electrons. The predicted octanol–water partition coefficient (Wildman–Crippen LogP) is -0.569. The second-order valence-corrected chi connectivity index (χ2v) is 5.47. The van der Waals surface area contributed by atoms with Crippen LogP contribution >= 0.6 is 11.6 Å². The van der Waals surface area contributed by atoms with Gasteiger partial charge >= 0.3 is 0 Å². The summed E-state index contributed by atoms with van der Waals surface area (Å²) in [7, 11) is 4.38. The first-order valence-corrected chi connectivity index (χ1v) is 6.88. The Balaban J connectivity index is 0.00000180. The molecule has 1 aromatic rings. The molecule has 0 aromatic heterocycles. The summed E-state index contributed by atoms with van der Waals surface area (Å²) in [6.45, 7) is 4.24. The zero-order chi connectivity index (χ0) is 13.1. The number of benzene rings is 1. The SMILES string of the molecule is C=CCOc1ccc(Cl)c2c1CCCC2[NH+](C)C.[Cl-]. The number of hydrogen-bond donors (Lipinski definition) is 1. The molecule has 1 N–H and O–H groups in total. The molecule has 2 rings (SSSR count). The van der Waals surface area contributed by atoms with Crippen molar-refractivity contribution in [1.29, 1.82) is 0 Å². The van der Waals surface area contributed by atoms with E-state index >= 15 is 0 Å². The van der Waals surface area contributed by atoms with Crippen LogP contribution in [0.2, 0.25) is 5.02 Å². The molecule has 0 amide bonds. The van der Waals surface area contributed by atoms with Crippen molar-refractivity contribution in [1.82, 2.24) is 0 Å². The minimum Gasteiger partial charge on any atom is -1.00 e. The maximum Gasteiger partial charge on any atom is 0.123 e. The van der Waals surface area contributed by atoms with Gasteiger partial charge in [0.25, 0.3) is 0 Å². The molecule has 1 unspecified atom stereocenters. The van der Waals surface area contributed by atoms with Gasteiger partial charge in [-0.25, -0.2) is 0 Å². The Labute approximate surface area is 126 Å². The summed E-state index contributed by atoms with van der Waals surface area (Å²) < 4.78 is 5.75. The van der Waals surface area contributed by atoms with Gasteiger partial charge in [-0.3, -0.25) is 0 Å². The smallest absolute Gasteiger partial charge is 0.123 e. The van der Waals surface area contributed by atoms with E-state index in [4.69, 9.17) is 16.3 Å². The molecule has 1 aliphatic rings. The Hall–Kier alpha value is -0.700. The van der Waals surface area contributed by atoms with Gasteiger partial charge < -0.3 is 22.0 Å². The molecule has 0 saturated carbocycles. The van der Waals surface area contributed by atoms with Crippen LogP contribution in [0.25, 0.3) is 0 Å². The van der Waals surface area contributed by atoms with Gasteiger partial charge in [-0.15, -0.1) is 0 Å². The topological polar surface area (TPSA) is 13.7 Å². The standard InChI is InChI=1S/C15H20ClNO.ClH/c1-4-10-18-14-9-8-12(16)15-11(14)6-5-7-13(15)17(2)3;/h4,8-9,13H,1,5-7,10H2,2-3H3;1H. The second-order valence-electron chi connectivity index (χ2n) is 5.06. The Morgan fingerprint density at radius 1 is 1.47 bits per heavy atom. The van der Waals surface area contributed by atoms with Gasteiger partial charge in [0.2, 0.25) is 0 Å². The average molecular weight is 302 g/mol. The molecule has 0 heterocycles. The van der Waals surface area contributed by atoms with E-state index in [1.54, 1.807) is 6.08 Å². The van der Waals surface area contributed by atoms with Crippen LogP contribution in [0.3, 0.4) is 0 Å². The van der Waals surface area contributed by atoms with Crippen molar-refractivity contribution in [2.45, 2.75) is 25.3 Å². The summed E-state index contributed by atoms with van der Waals surface area (Å²) in [6, 6.07) is 4.42. The van der Waals surface area contributed by atoms with E-state index in [0.29, 0.717) is 12.6 Å². The predicted molar refractivity (Wildman–Crippen MR) is 75.6 cm³/mol. The highest BCUT2D eigenvalue weighted by molar-refractivity contribution is 6.31. The largest absolute Gasteiger partial charge is 1.00 e. The fourth-order valence-corrected chi connectivity index (χ4v) is 3.05. The highest BCUT2D eigenvalue weighted by Gasteiger charge is 2.29. The molecule has 106 valence electrons. The van der Waals surface area contributed by atoms with Crippen molar-refractivity contribution in [2.24, 2.45) is 0 Å². The molecular weight excluding hydrogens is 281 g/mol. The zero-order valence-electron chi connectivity index (χ0n) is 11.5. The number of rotatable bonds is 4. The summed E-state index contributed by atoms with van der Waals surface area (Å²) in [5, 5.41) is 0.877. The minimum atomic E-state index is 0. The lowest BCUT2D eigenvalue weighted by Crippen LogP contribution is -3.06. The molecule has 0 aliphatic heterocycles. The van der Waals surface area contributed by atoms with Gasteiger partial charge in [-0.2, -0.15) is 0 Å².